The SMILES string of the molecule is Cc1ncc(N2C=CC=CCC2=O)cn1. The summed E-state index contributed by atoms with van der Waals surface area (Å²) in [4.78, 5) is 21.3. The van der Waals surface area contributed by atoms with Crippen LogP contribution in [0.1, 0.15) is 12.2 Å². The largest absolute Gasteiger partial charge is 0.284 e. The van der Waals surface area contributed by atoms with Gasteiger partial charge in [0.05, 0.1) is 18.1 Å². The molecule has 0 spiro atoms. The van der Waals surface area contributed by atoms with Gasteiger partial charge in [-0.2, -0.15) is 0 Å². The zero-order valence-corrected chi connectivity index (χ0v) is 8.42. The smallest absolute Gasteiger partial charge is 0.234 e. The van der Waals surface area contributed by atoms with Crippen molar-refractivity contribution in [2.24, 2.45) is 0 Å². The third-order valence-electron chi connectivity index (χ3n) is 2.09. The fourth-order valence-corrected chi connectivity index (χ4v) is 1.30. The first-order valence-corrected chi connectivity index (χ1v) is 4.71. The minimum atomic E-state index is 0.0208. The molecule has 76 valence electrons. The molecule has 2 heterocycles. The molecule has 0 N–H and O–H groups in total. The van der Waals surface area contributed by atoms with Gasteiger partial charge in [0.15, 0.2) is 0 Å². The molecule has 4 nitrogen and oxygen atoms in total. The molecule has 4 heteroatoms. The molecule has 0 aliphatic carbocycles. The van der Waals surface area contributed by atoms with Crippen LogP contribution in [0.15, 0.2) is 36.8 Å². The lowest BCUT2D eigenvalue weighted by molar-refractivity contribution is -0.117. The molecule has 1 aliphatic heterocycles. The number of anilines is 1. The van der Waals surface area contributed by atoms with Gasteiger partial charge in [-0.25, -0.2) is 9.97 Å². The molecule has 0 aromatic carbocycles. The van der Waals surface area contributed by atoms with E-state index in [1.807, 2.05) is 25.2 Å². The standard InChI is InChI=1S/C11H11N3O/c1-9-12-7-10(8-13-9)14-6-4-2-3-5-11(14)15/h2-4,6-8H,5H2,1H3. The quantitative estimate of drug-likeness (QED) is 0.693. The highest BCUT2D eigenvalue weighted by Gasteiger charge is 2.13. The van der Waals surface area contributed by atoms with Gasteiger partial charge in [0.1, 0.15) is 5.82 Å². The summed E-state index contributed by atoms with van der Waals surface area (Å²) in [6.45, 7) is 1.81. The Bertz CT molecular complexity index is 420. The lowest BCUT2D eigenvalue weighted by atomic mass is 10.3. The highest BCUT2D eigenvalue weighted by molar-refractivity contribution is 5.96. The zero-order valence-electron chi connectivity index (χ0n) is 8.42. The molecule has 1 amide bonds. The molecule has 0 unspecified atom stereocenters. The lowest BCUT2D eigenvalue weighted by Crippen LogP contribution is -2.24. The molecular formula is C11H11N3O. The van der Waals surface area contributed by atoms with E-state index in [1.165, 1.54) is 0 Å². The van der Waals surface area contributed by atoms with Crippen LogP contribution < -0.4 is 4.90 Å². The van der Waals surface area contributed by atoms with Crippen LogP contribution in [-0.4, -0.2) is 15.9 Å². The molecule has 1 aromatic heterocycles. The molecule has 15 heavy (non-hydrogen) atoms. The summed E-state index contributed by atoms with van der Waals surface area (Å²) in [5.41, 5.74) is 0.700. The van der Waals surface area contributed by atoms with E-state index in [2.05, 4.69) is 9.97 Å². The van der Waals surface area contributed by atoms with Crippen molar-refractivity contribution in [2.45, 2.75) is 13.3 Å². The highest BCUT2D eigenvalue weighted by atomic mass is 16.2. The van der Waals surface area contributed by atoms with Gasteiger partial charge in [0.25, 0.3) is 0 Å². The van der Waals surface area contributed by atoms with Gasteiger partial charge < -0.3 is 0 Å². The Balaban J connectivity index is 2.30. The average Bonchev–Trinajstić information content (AvgIpc) is 2.44. The number of rotatable bonds is 1. The minimum absolute atomic E-state index is 0.0208. The van der Waals surface area contributed by atoms with Crippen molar-refractivity contribution in [3.63, 3.8) is 0 Å². The maximum atomic E-state index is 11.7. The highest BCUT2D eigenvalue weighted by Crippen LogP contribution is 2.15. The van der Waals surface area contributed by atoms with Crippen molar-refractivity contribution in [3.05, 3.63) is 42.6 Å². The van der Waals surface area contributed by atoms with E-state index in [1.54, 1.807) is 23.5 Å². The molecule has 0 bridgehead atoms. The van der Waals surface area contributed by atoms with Crippen molar-refractivity contribution >= 4 is 11.6 Å². The molecule has 0 saturated carbocycles. The molecule has 1 aromatic rings. The molecule has 2 rings (SSSR count). The van der Waals surface area contributed by atoms with Crippen LogP contribution in [-0.2, 0) is 4.79 Å². The van der Waals surface area contributed by atoms with Gasteiger partial charge in [-0.05, 0) is 13.0 Å². The molecule has 0 atom stereocenters. The molecule has 0 saturated heterocycles. The zero-order chi connectivity index (χ0) is 10.7. The summed E-state index contributed by atoms with van der Waals surface area (Å²) in [5.74, 6) is 0.718. The van der Waals surface area contributed by atoms with Crippen molar-refractivity contribution < 1.29 is 4.79 Å². The second kappa shape index (κ2) is 4.04. The normalized spacial score (nSPS) is 15.5. The van der Waals surface area contributed by atoms with Gasteiger partial charge >= 0.3 is 0 Å². The van der Waals surface area contributed by atoms with Crippen molar-refractivity contribution in [2.75, 3.05) is 4.90 Å². The van der Waals surface area contributed by atoms with Gasteiger partial charge in [-0.1, -0.05) is 12.2 Å². The Morgan fingerprint density at radius 3 is 2.73 bits per heavy atom. The first kappa shape index (κ1) is 9.58. The van der Waals surface area contributed by atoms with Crippen LogP contribution in [0.5, 0.6) is 0 Å². The Morgan fingerprint density at radius 2 is 2.00 bits per heavy atom. The number of carbonyl (C=O) groups excluding carboxylic acids is 1. The number of allylic oxidation sites excluding steroid dienone is 2. The predicted molar refractivity (Wildman–Crippen MR) is 57.2 cm³/mol. The van der Waals surface area contributed by atoms with Crippen LogP contribution >= 0.6 is 0 Å². The number of hydrogen-bond acceptors (Lipinski definition) is 3. The Morgan fingerprint density at radius 1 is 1.27 bits per heavy atom. The van der Waals surface area contributed by atoms with Gasteiger partial charge in [0, 0.05) is 12.6 Å². The second-order valence-electron chi connectivity index (χ2n) is 3.23. The van der Waals surface area contributed by atoms with Crippen LogP contribution in [0, 0.1) is 6.92 Å². The minimum Gasteiger partial charge on any atom is -0.284 e. The summed E-state index contributed by atoms with van der Waals surface area (Å²) >= 11 is 0. The van der Waals surface area contributed by atoms with E-state index >= 15 is 0 Å². The summed E-state index contributed by atoms with van der Waals surface area (Å²) in [5, 5.41) is 0. The van der Waals surface area contributed by atoms with E-state index in [0.29, 0.717) is 17.9 Å². The first-order chi connectivity index (χ1) is 7.27. The first-order valence-electron chi connectivity index (χ1n) is 4.71. The van der Waals surface area contributed by atoms with Gasteiger partial charge in [-0.3, -0.25) is 9.69 Å². The van der Waals surface area contributed by atoms with E-state index in [0.717, 1.165) is 0 Å². The number of hydrogen-bond donors (Lipinski definition) is 0. The Hall–Kier alpha value is -1.97. The van der Waals surface area contributed by atoms with E-state index in [-0.39, 0.29) is 5.91 Å². The molecule has 1 aliphatic rings. The van der Waals surface area contributed by atoms with Crippen molar-refractivity contribution in [1.82, 2.24) is 9.97 Å². The maximum absolute atomic E-state index is 11.7. The average molecular weight is 201 g/mol. The van der Waals surface area contributed by atoms with Crippen molar-refractivity contribution in [1.29, 1.82) is 0 Å². The Kier molecular flexibility index (Phi) is 2.58. The van der Waals surface area contributed by atoms with Crippen LogP contribution in [0.3, 0.4) is 0 Å². The topological polar surface area (TPSA) is 46.1 Å². The third-order valence-corrected chi connectivity index (χ3v) is 2.09. The summed E-state index contributed by atoms with van der Waals surface area (Å²) in [7, 11) is 0. The van der Waals surface area contributed by atoms with E-state index in [9.17, 15) is 4.79 Å². The lowest BCUT2D eigenvalue weighted by Gasteiger charge is -2.15. The fraction of sp³-hybridized carbons (Fsp3) is 0.182. The molecule has 0 fully saturated rings. The fourth-order valence-electron chi connectivity index (χ4n) is 1.30. The Labute approximate surface area is 88.0 Å². The number of nitrogens with zero attached hydrogens (tertiary/aromatic N) is 3. The van der Waals surface area contributed by atoms with E-state index in [4.69, 9.17) is 0 Å². The number of aromatic nitrogens is 2. The number of aryl methyl sites for hydroxylation is 1. The number of amides is 1. The van der Waals surface area contributed by atoms with E-state index < -0.39 is 0 Å². The predicted octanol–water partition coefficient (Wildman–Crippen LogP) is 1.59. The van der Waals surface area contributed by atoms with Crippen LogP contribution in [0.2, 0.25) is 0 Å². The third kappa shape index (κ3) is 2.10. The van der Waals surface area contributed by atoms with Crippen LogP contribution in [0.25, 0.3) is 0 Å². The van der Waals surface area contributed by atoms with Crippen LogP contribution in [0.4, 0.5) is 5.69 Å². The summed E-state index contributed by atoms with van der Waals surface area (Å²) in [6.07, 6.45) is 10.9. The second-order valence-corrected chi connectivity index (χ2v) is 3.23. The summed E-state index contributed by atoms with van der Waals surface area (Å²) < 4.78 is 0. The summed E-state index contributed by atoms with van der Waals surface area (Å²) in [6, 6.07) is 0. The van der Waals surface area contributed by atoms with Gasteiger partial charge in [-0.15, -0.1) is 0 Å². The maximum Gasteiger partial charge on any atom is 0.234 e. The monoisotopic (exact) mass is 201 g/mol. The van der Waals surface area contributed by atoms with Crippen molar-refractivity contribution in [3.8, 4) is 0 Å². The molecule has 0 radical (unpaired) electrons. The number of carbonyl (C=O) groups is 1. The van der Waals surface area contributed by atoms with Gasteiger partial charge in [0.2, 0.25) is 5.91 Å². The molecular weight excluding hydrogens is 190 g/mol.